The van der Waals surface area contributed by atoms with Gasteiger partial charge in [0.05, 0.1) is 0 Å². The molecular weight excluding hydrogens is 195 g/mol. The van der Waals surface area contributed by atoms with Gasteiger partial charge >= 0.3 is 0 Å². The van der Waals surface area contributed by atoms with Crippen molar-refractivity contribution in [3.05, 3.63) is 0 Å². The molecule has 0 bridgehead atoms. The van der Waals surface area contributed by atoms with Crippen LogP contribution in [0.25, 0.3) is 0 Å². The molecule has 0 fully saturated rings. The number of hydrogen-bond acceptors (Lipinski definition) is 1. The van der Waals surface area contributed by atoms with Crippen molar-refractivity contribution in [2.24, 2.45) is 5.92 Å². The quantitative estimate of drug-likeness (QED) is 0.710. The molecule has 0 aliphatic heterocycles. The molecule has 0 unspecified atom stereocenters. The van der Waals surface area contributed by atoms with Crippen LogP contribution < -0.4 is 0 Å². The Balaban J connectivity index is 0. The fourth-order valence-corrected chi connectivity index (χ4v) is 0.989. The molecule has 0 atom stereocenters. The van der Waals surface area contributed by atoms with Gasteiger partial charge in [-0.1, -0.05) is 26.7 Å². The van der Waals surface area contributed by atoms with Crippen molar-refractivity contribution in [1.29, 1.82) is 0 Å². The normalized spacial score (nSPS) is 10.0. The van der Waals surface area contributed by atoms with Gasteiger partial charge in [-0.3, -0.25) is 0 Å². The lowest BCUT2D eigenvalue weighted by molar-refractivity contribution is 0.318. The highest BCUT2D eigenvalue weighted by molar-refractivity contribution is 6.44. The number of halogens is 2. The molecule has 0 aromatic heterocycles. The summed E-state index contributed by atoms with van der Waals surface area (Å²) in [5, 5.41) is 7.57. The van der Waals surface area contributed by atoms with E-state index in [1.54, 1.807) is 6.92 Å². The van der Waals surface area contributed by atoms with Crippen molar-refractivity contribution in [3.8, 4) is 0 Å². The zero-order valence-electron chi connectivity index (χ0n) is 8.19. The summed E-state index contributed by atoms with van der Waals surface area (Å²) in [7, 11) is 0. The average molecular weight is 215 g/mol. The topological polar surface area (TPSA) is 20.2 Å². The van der Waals surface area contributed by atoms with E-state index in [2.05, 4.69) is 13.8 Å². The first-order valence-electron chi connectivity index (χ1n) is 4.43. The van der Waals surface area contributed by atoms with Crippen LogP contribution in [-0.2, 0) is 0 Å². The maximum absolute atomic E-state index is 7.57. The summed E-state index contributed by atoms with van der Waals surface area (Å²) in [6, 6.07) is 0. The summed E-state index contributed by atoms with van der Waals surface area (Å²) >= 11 is 11.1. The SMILES string of the molecule is CC(C)CCCC(Cl)Cl.CCO. The summed E-state index contributed by atoms with van der Waals surface area (Å²) in [5.41, 5.74) is 0. The average Bonchev–Trinajstić information content (AvgIpc) is 1.87. The van der Waals surface area contributed by atoms with E-state index in [9.17, 15) is 0 Å². The van der Waals surface area contributed by atoms with Gasteiger partial charge in [0.1, 0.15) is 4.84 Å². The first-order valence-corrected chi connectivity index (χ1v) is 5.30. The van der Waals surface area contributed by atoms with Crippen LogP contribution in [0.2, 0.25) is 0 Å². The summed E-state index contributed by atoms with van der Waals surface area (Å²) in [6.45, 7) is 6.34. The first kappa shape index (κ1) is 15.0. The van der Waals surface area contributed by atoms with E-state index in [-0.39, 0.29) is 11.4 Å². The number of alkyl halides is 2. The Bertz CT molecular complexity index is 66.9. The second-order valence-electron chi connectivity index (χ2n) is 3.03. The monoisotopic (exact) mass is 214 g/mol. The van der Waals surface area contributed by atoms with Gasteiger partial charge in [-0.25, -0.2) is 0 Å². The molecule has 0 rings (SSSR count). The highest BCUT2D eigenvalue weighted by Gasteiger charge is 1.98. The third-order valence-corrected chi connectivity index (χ3v) is 1.64. The highest BCUT2D eigenvalue weighted by atomic mass is 35.5. The van der Waals surface area contributed by atoms with E-state index in [4.69, 9.17) is 28.3 Å². The fraction of sp³-hybridized carbons (Fsp3) is 1.00. The van der Waals surface area contributed by atoms with Gasteiger partial charge < -0.3 is 5.11 Å². The summed E-state index contributed by atoms with van der Waals surface area (Å²) in [6.07, 6.45) is 3.31. The number of hydrogen-bond donors (Lipinski definition) is 1. The molecule has 0 saturated heterocycles. The van der Waals surface area contributed by atoms with Gasteiger partial charge in [-0.05, 0) is 19.3 Å². The first-order chi connectivity index (χ1) is 5.54. The number of aliphatic hydroxyl groups excluding tert-OH is 1. The molecule has 0 spiro atoms. The molecule has 12 heavy (non-hydrogen) atoms. The second-order valence-corrected chi connectivity index (χ2v) is 4.31. The van der Waals surface area contributed by atoms with Crippen LogP contribution in [0.15, 0.2) is 0 Å². The minimum Gasteiger partial charge on any atom is -0.397 e. The fourth-order valence-electron chi connectivity index (χ4n) is 0.680. The molecule has 0 heterocycles. The van der Waals surface area contributed by atoms with Crippen LogP contribution in [0.4, 0.5) is 0 Å². The number of aliphatic hydroxyl groups is 1. The van der Waals surface area contributed by atoms with Crippen molar-refractivity contribution in [2.75, 3.05) is 6.61 Å². The Labute approximate surface area is 86.1 Å². The maximum Gasteiger partial charge on any atom is 0.107 e. The largest absolute Gasteiger partial charge is 0.397 e. The van der Waals surface area contributed by atoms with Gasteiger partial charge in [0.15, 0.2) is 0 Å². The highest BCUT2D eigenvalue weighted by Crippen LogP contribution is 2.14. The van der Waals surface area contributed by atoms with Crippen molar-refractivity contribution in [2.45, 2.75) is 44.9 Å². The van der Waals surface area contributed by atoms with Crippen molar-refractivity contribution in [1.82, 2.24) is 0 Å². The van der Waals surface area contributed by atoms with Crippen LogP contribution >= 0.6 is 23.2 Å². The van der Waals surface area contributed by atoms with Gasteiger partial charge in [0.25, 0.3) is 0 Å². The lowest BCUT2D eigenvalue weighted by atomic mass is 10.1. The predicted molar refractivity (Wildman–Crippen MR) is 56.9 cm³/mol. The van der Waals surface area contributed by atoms with E-state index in [0.29, 0.717) is 0 Å². The molecule has 1 nitrogen and oxygen atoms in total. The minimum absolute atomic E-state index is 0.163. The standard InChI is InChI=1S/C7H14Cl2.C2H6O/c1-6(2)4-3-5-7(8)9;1-2-3/h6-7H,3-5H2,1-2H3;3H,2H2,1H3. The molecule has 0 aromatic rings. The maximum atomic E-state index is 7.57. The molecular formula is C9H20Cl2O. The van der Waals surface area contributed by atoms with Crippen LogP contribution in [0.5, 0.6) is 0 Å². The predicted octanol–water partition coefficient (Wildman–Crippen LogP) is 3.62. The van der Waals surface area contributed by atoms with Crippen LogP contribution in [0, 0.1) is 5.92 Å². The van der Waals surface area contributed by atoms with Gasteiger partial charge in [0, 0.05) is 6.61 Å². The molecule has 76 valence electrons. The van der Waals surface area contributed by atoms with E-state index >= 15 is 0 Å². The molecule has 0 radical (unpaired) electrons. The Morgan fingerprint density at radius 1 is 1.17 bits per heavy atom. The smallest absolute Gasteiger partial charge is 0.107 e. The third-order valence-electron chi connectivity index (χ3n) is 1.20. The third kappa shape index (κ3) is 22.4. The van der Waals surface area contributed by atoms with Crippen molar-refractivity contribution in [3.63, 3.8) is 0 Å². The second kappa shape index (κ2) is 11.5. The Kier molecular flexibility index (Phi) is 14.5. The van der Waals surface area contributed by atoms with E-state index in [1.807, 2.05) is 0 Å². The number of rotatable bonds is 4. The van der Waals surface area contributed by atoms with Gasteiger partial charge in [-0.2, -0.15) is 0 Å². The minimum atomic E-state index is -0.163. The molecule has 0 aliphatic rings. The summed E-state index contributed by atoms with van der Waals surface area (Å²) in [4.78, 5) is -0.163. The Morgan fingerprint density at radius 2 is 1.58 bits per heavy atom. The van der Waals surface area contributed by atoms with Crippen LogP contribution in [0.3, 0.4) is 0 Å². The van der Waals surface area contributed by atoms with Crippen molar-refractivity contribution >= 4 is 23.2 Å². The van der Waals surface area contributed by atoms with Crippen LogP contribution in [-0.4, -0.2) is 16.5 Å². The van der Waals surface area contributed by atoms with Gasteiger partial charge in [0.2, 0.25) is 0 Å². The molecule has 0 saturated carbocycles. The molecule has 0 amide bonds. The van der Waals surface area contributed by atoms with E-state index in [1.165, 1.54) is 6.42 Å². The molecule has 3 heteroatoms. The lowest BCUT2D eigenvalue weighted by Gasteiger charge is -2.03. The Hall–Kier alpha value is 0.540. The molecule has 1 N–H and O–H groups in total. The van der Waals surface area contributed by atoms with Crippen molar-refractivity contribution < 1.29 is 5.11 Å². The van der Waals surface area contributed by atoms with E-state index < -0.39 is 0 Å². The van der Waals surface area contributed by atoms with Gasteiger partial charge in [-0.15, -0.1) is 23.2 Å². The lowest BCUT2D eigenvalue weighted by Crippen LogP contribution is -1.91. The molecule has 0 aromatic carbocycles. The zero-order chi connectivity index (χ0) is 9.98. The summed E-state index contributed by atoms with van der Waals surface area (Å²) < 4.78 is 0. The van der Waals surface area contributed by atoms with E-state index in [0.717, 1.165) is 18.8 Å². The summed E-state index contributed by atoms with van der Waals surface area (Å²) in [5.74, 6) is 0.775. The molecule has 0 aliphatic carbocycles. The zero-order valence-corrected chi connectivity index (χ0v) is 9.70. The Morgan fingerprint density at radius 3 is 1.83 bits per heavy atom. The van der Waals surface area contributed by atoms with Crippen LogP contribution in [0.1, 0.15) is 40.0 Å².